The minimum Gasteiger partial charge on any atom is -0.457 e. The molecular formula is C42H40ClF3N4O. The molecule has 0 saturated heterocycles. The van der Waals surface area contributed by atoms with E-state index in [1.54, 1.807) is 43.4 Å². The molecule has 9 heteroatoms. The zero-order valence-corrected chi connectivity index (χ0v) is 29.8. The number of aromatic nitrogens is 2. The van der Waals surface area contributed by atoms with E-state index in [1.807, 2.05) is 42.5 Å². The van der Waals surface area contributed by atoms with Crippen molar-refractivity contribution in [1.82, 2.24) is 19.8 Å². The summed E-state index contributed by atoms with van der Waals surface area (Å²) in [5.74, 6) is 1.70. The summed E-state index contributed by atoms with van der Waals surface area (Å²) in [6, 6.07) is 35.3. The van der Waals surface area contributed by atoms with Crippen molar-refractivity contribution in [2.24, 2.45) is 0 Å². The summed E-state index contributed by atoms with van der Waals surface area (Å²) in [6.07, 6.45) is -0.527. The van der Waals surface area contributed by atoms with E-state index in [4.69, 9.17) is 16.3 Å². The van der Waals surface area contributed by atoms with Crippen LogP contribution in [-0.2, 0) is 6.18 Å². The van der Waals surface area contributed by atoms with Gasteiger partial charge in [-0.3, -0.25) is 9.80 Å². The molecule has 0 bridgehead atoms. The van der Waals surface area contributed by atoms with Gasteiger partial charge in [-0.1, -0.05) is 72.3 Å². The molecule has 0 fully saturated rings. The molecule has 0 saturated carbocycles. The molecule has 2 atom stereocenters. The van der Waals surface area contributed by atoms with Crippen LogP contribution in [0.25, 0.3) is 21.8 Å². The summed E-state index contributed by atoms with van der Waals surface area (Å²) in [7, 11) is 7.77. The van der Waals surface area contributed by atoms with Gasteiger partial charge in [0.15, 0.2) is 0 Å². The van der Waals surface area contributed by atoms with Crippen LogP contribution in [-0.4, -0.2) is 48.0 Å². The number of nitrogens with zero attached hydrogens (tertiary/aromatic N) is 2. The van der Waals surface area contributed by atoms with Crippen molar-refractivity contribution >= 4 is 33.4 Å². The van der Waals surface area contributed by atoms with Gasteiger partial charge in [0.25, 0.3) is 0 Å². The van der Waals surface area contributed by atoms with Crippen molar-refractivity contribution in [3.63, 3.8) is 0 Å². The second kappa shape index (κ2) is 15.1. The summed E-state index contributed by atoms with van der Waals surface area (Å²) in [5.41, 5.74) is 6.14. The molecule has 7 rings (SSSR count). The molecule has 0 aliphatic carbocycles. The van der Waals surface area contributed by atoms with Crippen molar-refractivity contribution in [2.45, 2.75) is 25.2 Å². The van der Waals surface area contributed by atoms with E-state index in [-0.39, 0.29) is 11.6 Å². The van der Waals surface area contributed by atoms with Gasteiger partial charge >= 0.3 is 6.18 Å². The first-order chi connectivity index (χ1) is 24.4. The van der Waals surface area contributed by atoms with Gasteiger partial charge in [0.1, 0.15) is 11.5 Å². The third kappa shape index (κ3) is 7.84. The number of benzene rings is 5. The average molecular weight is 709 g/mol. The maximum absolute atomic E-state index is 13.4. The van der Waals surface area contributed by atoms with Crippen LogP contribution in [0.2, 0.25) is 5.02 Å². The monoisotopic (exact) mass is 708 g/mol. The topological polar surface area (TPSA) is 47.3 Å². The zero-order chi connectivity index (χ0) is 36.3. The molecule has 262 valence electrons. The molecule has 2 N–H and O–H groups in total. The van der Waals surface area contributed by atoms with Crippen LogP contribution in [0.5, 0.6) is 11.5 Å². The molecule has 5 aromatic carbocycles. The summed E-state index contributed by atoms with van der Waals surface area (Å²) < 4.78 is 46.4. The Balaban J connectivity index is 0.000000177. The summed E-state index contributed by atoms with van der Waals surface area (Å²) >= 11 is 6.07. The Kier molecular flexibility index (Phi) is 10.6. The van der Waals surface area contributed by atoms with Gasteiger partial charge in [-0.05, 0) is 118 Å². The normalized spacial score (nSPS) is 13.0. The standard InChI is InChI=1S/C24H24N2O.C18H16ClF3N2/c1-17-9-7-14-22-23(17)21(16-25-22)24(26(2)3)18-10-8-13-20(15-18)27-19-11-5-4-6-12-19;1-24(2)17(12-5-3-4-6-15(12)18(20,21)22)14-10-23-16-8-7-11(19)9-13(14)16/h4-16,24-25H,1-3H3;3-10,17,23H,1-2H3. The first kappa shape index (κ1) is 35.8. The fourth-order valence-corrected chi connectivity index (χ4v) is 6.97. The van der Waals surface area contributed by atoms with Gasteiger partial charge in [-0.15, -0.1) is 0 Å². The third-order valence-corrected chi connectivity index (χ3v) is 9.19. The number of nitrogens with one attached hydrogen (secondary N) is 2. The maximum atomic E-state index is 13.4. The highest BCUT2D eigenvalue weighted by Crippen LogP contribution is 2.41. The lowest BCUT2D eigenvalue weighted by atomic mass is 9.93. The van der Waals surface area contributed by atoms with E-state index in [2.05, 4.69) is 78.5 Å². The van der Waals surface area contributed by atoms with E-state index >= 15 is 0 Å². The second-order valence-corrected chi connectivity index (χ2v) is 13.4. The molecule has 0 radical (unpaired) electrons. The average Bonchev–Trinajstić information content (AvgIpc) is 3.70. The summed E-state index contributed by atoms with van der Waals surface area (Å²) in [6.45, 7) is 2.17. The third-order valence-electron chi connectivity index (χ3n) is 8.96. The van der Waals surface area contributed by atoms with E-state index in [0.29, 0.717) is 5.02 Å². The Hall–Kier alpha value is -5.02. The maximum Gasteiger partial charge on any atom is 0.416 e. The molecule has 0 spiro atoms. The summed E-state index contributed by atoms with van der Waals surface area (Å²) in [4.78, 5) is 10.6. The number of H-pyrrole nitrogens is 2. The smallest absolute Gasteiger partial charge is 0.416 e. The van der Waals surface area contributed by atoms with Crippen LogP contribution >= 0.6 is 11.6 Å². The molecule has 0 amide bonds. The molecule has 51 heavy (non-hydrogen) atoms. The van der Waals surface area contributed by atoms with Gasteiger partial charge < -0.3 is 14.7 Å². The second-order valence-electron chi connectivity index (χ2n) is 13.0. The number of para-hydroxylation sites is 1. The van der Waals surface area contributed by atoms with Crippen LogP contribution in [0.1, 0.15) is 45.5 Å². The van der Waals surface area contributed by atoms with Gasteiger partial charge in [0, 0.05) is 39.2 Å². The first-order valence-electron chi connectivity index (χ1n) is 16.6. The minimum atomic E-state index is -4.41. The van der Waals surface area contributed by atoms with Crippen molar-refractivity contribution in [2.75, 3.05) is 28.2 Å². The molecule has 2 aromatic heterocycles. The predicted molar refractivity (Wildman–Crippen MR) is 202 cm³/mol. The predicted octanol–water partition coefficient (Wildman–Crippen LogP) is 11.4. The molecule has 0 aliphatic heterocycles. The molecular weight excluding hydrogens is 669 g/mol. The minimum absolute atomic E-state index is 0.138. The Labute approximate surface area is 301 Å². The fraction of sp³-hybridized carbons (Fsp3) is 0.190. The number of hydrogen-bond acceptors (Lipinski definition) is 3. The van der Waals surface area contributed by atoms with Crippen molar-refractivity contribution in [3.05, 3.63) is 166 Å². The Bertz CT molecular complexity index is 2240. The molecule has 7 aromatic rings. The van der Waals surface area contributed by atoms with E-state index in [9.17, 15) is 13.2 Å². The van der Waals surface area contributed by atoms with Crippen molar-refractivity contribution in [3.8, 4) is 11.5 Å². The van der Waals surface area contributed by atoms with Crippen LogP contribution < -0.4 is 4.74 Å². The van der Waals surface area contributed by atoms with Crippen LogP contribution in [0.3, 0.4) is 0 Å². The van der Waals surface area contributed by atoms with Crippen LogP contribution in [0.15, 0.2) is 128 Å². The molecule has 5 nitrogen and oxygen atoms in total. The van der Waals surface area contributed by atoms with Gasteiger partial charge in [-0.2, -0.15) is 13.2 Å². The first-order valence-corrected chi connectivity index (χ1v) is 16.9. The number of alkyl halides is 3. The lowest BCUT2D eigenvalue weighted by Crippen LogP contribution is -2.24. The van der Waals surface area contributed by atoms with Gasteiger partial charge in [0.2, 0.25) is 0 Å². The number of fused-ring (bicyclic) bond motifs is 2. The Morgan fingerprint density at radius 1 is 0.627 bits per heavy atom. The zero-order valence-electron chi connectivity index (χ0n) is 29.1. The SMILES string of the molecule is CN(C)C(c1ccccc1C(F)(F)F)c1c[nH]c2ccc(Cl)cc12.Cc1cccc2[nH]cc(C(c3cccc(Oc4ccccc4)c3)N(C)C)c12. The Morgan fingerprint density at radius 2 is 1.27 bits per heavy atom. The number of hydrogen-bond donors (Lipinski definition) is 2. The number of aromatic amines is 2. The highest BCUT2D eigenvalue weighted by Gasteiger charge is 2.36. The van der Waals surface area contributed by atoms with Crippen molar-refractivity contribution < 1.29 is 17.9 Å². The quantitative estimate of drug-likeness (QED) is 0.165. The lowest BCUT2D eigenvalue weighted by molar-refractivity contribution is -0.138. The largest absolute Gasteiger partial charge is 0.457 e. The lowest BCUT2D eigenvalue weighted by Gasteiger charge is -2.27. The highest BCUT2D eigenvalue weighted by atomic mass is 35.5. The number of halogens is 4. The van der Waals surface area contributed by atoms with E-state index in [1.165, 1.54) is 39.7 Å². The fourth-order valence-electron chi connectivity index (χ4n) is 6.80. The number of ether oxygens (including phenoxy) is 1. The van der Waals surface area contributed by atoms with Crippen LogP contribution in [0, 0.1) is 6.92 Å². The number of aryl methyl sites for hydroxylation is 1. The molecule has 2 heterocycles. The van der Waals surface area contributed by atoms with Crippen LogP contribution in [0.4, 0.5) is 13.2 Å². The summed E-state index contributed by atoms with van der Waals surface area (Å²) in [5, 5.41) is 2.66. The van der Waals surface area contributed by atoms with E-state index < -0.39 is 17.8 Å². The van der Waals surface area contributed by atoms with Gasteiger partial charge in [0.05, 0.1) is 17.6 Å². The molecule has 2 unspecified atom stereocenters. The molecule has 0 aliphatic rings. The van der Waals surface area contributed by atoms with E-state index in [0.717, 1.165) is 34.0 Å². The number of rotatable bonds is 8. The van der Waals surface area contributed by atoms with Crippen molar-refractivity contribution in [1.29, 1.82) is 0 Å². The Morgan fingerprint density at radius 3 is 2.00 bits per heavy atom. The highest BCUT2D eigenvalue weighted by molar-refractivity contribution is 6.31. The van der Waals surface area contributed by atoms with Gasteiger partial charge in [-0.25, -0.2) is 0 Å².